The number of piperazine rings is 1. The second kappa shape index (κ2) is 10.6. The molecule has 35 heavy (non-hydrogen) atoms. The summed E-state index contributed by atoms with van der Waals surface area (Å²) in [5.74, 6) is 1.70. The zero-order valence-corrected chi connectivity index (χ0v) is 21.4. The number of nitrogens with zero attached hydrogens (tertiary/aromatic N) is 4. The van der Waals surface area contributed by atoms with E-state index in [1.807, 2.05) is 54.3 Å². The number of aromatic nitrogens is 1. The van der Waals surface area contributed by atoms with Crippen LogP contribution in [0.1, 0.15) is 24.3 Å². The smallest absolute Gasteiger partial charge is 0.227 e. The first kappa shape index (κ1) is 24.2. The normalized spacial score (nSPS) is 19.2. The van der Waals surface area contributed by atoms with Gasteiger partial charge < -0.3 is 14.2 Å². The number of hydrogen-bond acceptors (Lipinski definition) is 5. The fourth-order valence-corrected chi connectivity index (χ4v) is 5.42. The summed E-state index contributed by atoms with van der Waals surface area (Å²) in [6.07, 6.45) is 1.95. The Balaban J connectivity index is 1.18. The number of rotatable bonds is 5. The monoisotopic (exact) mass is 512 g/mol. The molecule has 0 saturated carbocycles. The van der Waals surface area contributed by atoms with Crippen LogP contribution in [0.4, 0.5) is 5.69 Å². The first-order chi connectivity index (χ1) is 17.0. The van der Waals surface area contributed by atoms with Gasteiger partial charge in [-0.15, -0.1) is 0 Å². The highest BCUT2D eigenvalue weighted by Gasteiger charge is 2.31. The summed E-state index contributed by atoms with van der Waals surface area (Å²) < 4.78 is 5.94. The minimum Gasteiger partial charge on any atom is -0.441 e. The number of aryl methyl sites for hydroxylation is 1. The van der Waals surface area contributed by atoms with Crippen molar-refractivity contribution in [3.8, 4) is 11.5 Å². The molecule has 8 heteroatoms. The molecule has 1 atom stereocenters. The Hall–Kier alpha value is -2.54. The van der Waals surface area contributed by atoms with Gasteiger partial charge in [0.2, 0.25) is 11.8 Å². The second-order valence-electron chi connectivity index (χ2n) is 9.40. The van der Waals surface area contributed by atoms with Crippen LogP contribution in [-0.4, -0.2) is 60.0 Å². The SMILES string of the molecule is Cc1oc(-c2cccc(Cl)c2)nc1CN1CCC[C@@H](C(=O)N2CCN(c3cccc(Cl)c3)CC2)C1. The topological polar surface area (TPSA) is 52.8 Å². The third-order valence-electron chi connectivity index (χ3n) is 6.96. The van der Waals surface area contributed by atoms with Crippen molar-refractivity contribution in [3.05, 3.63) is 70.0 Å². The average Bonchev–Trinajstić information content (AvgIpc) is 3.24. The van der Waals surface area contributed by atoms with Gasteiger partial charge in [0, 0.05) is 60.6 Å². The lowest BCUT2D eigenvalue weighted by molar-refractivity contribution is -0.137. The first-order valence-electron chi connectivity index (χ1n) is 12.2. The zero-order chi connectivity index (χ0) is 24.4. The zero-order valence-electron chi connectivity index (χ0n) is 19.9. The number of likely N-dealkylation sites (tertiary alicyclic amines) is 1. The van der Waals surface area contributed by atoms with Crippen LogP contribution < -0.4 is 4.90 Å². The van der Waals surface area contributed by atoms with E-state index < -0.39 is 0 Å². The van der Waals surface area contributed by atoms with Crippen LogP contribution in [0.3, 0.4) is 0 Å². The van der Waals surface area contributed by atoms with E-state index in [-0.39, 0.29) is 11.8 Å². The van der Waals surface area contributed by atoms with E-state index in [0.717, 1.165) is 79.8 Å². The van der Waals surface area contributed by atoms with Crippen molar-refractivity contribution >= 4 is 34.8 Å². The minimum atomic E-state index is 0.0288. The van der Waals surface area contributed by atoms with Gasteiger partial charge in [0.05, 0.1) is 11.6 Å². The number of carbonyl (C=O) groups is 1. The van der Waals surface area contributed by atoms with Crippen molar-refractivity contribution in [2.75, 3.05) is 44.2 Å². The lowest BCUT2D eigenvalue weighted by Crippen LogP contribution is -2.52. The van der Waals surface area contributed by atoms with Crippen molar-refractivity contribution in [2.45, 2.75) is 26.3 Å². The van der Waals surface area contributed by atoms with Crippen LogP contribution in [-0.2, 0) is 11.3 Å². The van der Waals surface area contributed by atoms with E-state index in [1.54, 1.807) is 0 Å². The number of benzene rings is 2. The summed E-state index contributed by atoms with van der Waals surface area (Å²) in [6.45, 7) is 7.49. The maximum atomic E-state index is 13.3. The molecular weight excluding hydrogens is 483 g/mol. The van der Waals surface area contributed by atoms with Gasteiger partial charge in [0.1, 0.15) is 5.76 Å². The summed E-state index contributed by atoms with van der Waals surface area (Å²) in [4.78, 5) is 24.8. The Bertz CT molecular complexity index is 1190. The molecular formula is C27H30Cl2N4O2. The lowest BCUT2D eigenvalue weighted by atomic mass is 9.96. The van der Waals surface area contributed by atoms with Crippen LogP contribution >= 0.6 is 23.2 Å². The van der Waals surface area contributed by atoms with E-state index >= 15 is 0 Å². The molecule has 0 N–H and O–H groups in total. The molecule has 0 bridgehead atoms. The fraction of sp³-hybridized carbons (Fsp3) is 0.407. The van der Waals surface area contributed by atoms with Crippen LogP contribution in [0.15, 0.2) is 52.9 Å². The number of halogens is 2. The van der Waals surface area contributed by atoms with Gasteiger partial charge in [-0.2, -0.15) is 0 Å². The van der Waals surface area contributed by atoms with Crippen molar-refractivity contribution in [1.29, 1.82) is 0 Å². The molecule has 184 valence electrons. The average molecular weight is 513 g/mol. The molecule has 6 nitrogen and oxygen atoms in total. The molecule has 2 aliphatic heterocycles. The maximum absolute atomic E-state index is 13.3. The minimum absolute atomic E-state index is 0.0288. The molecule has 1 amide bonds. The molecule has 3 aromatic rings. The third kappa shape index (κ3) is 5.66. The Morgan fingerprint density at radius 2 is 1.77 bits per heavy atom. The molecule has 5 rings (SSSR count). The Morgan fingerprint density at radius 1 is 1.03 bits per heavy atom. The van der Waals surface area contributed by atoms with Crippen LogP contribution in [0.2, 0.25) is 10.0 Å². The highest BCUT2D eigenvalue weighted by Crippen LogP contribution is 2.27. The predicted octanol–water partition coefficient (Wildman–Crippen LogP) is 5.52. The molecule has 0 aliphatic carbocycles. The summed E-state index contributed by atoms with van der Waals surface area (Å²) in [6, 6.07) is 15.5. The Morgan fingerprint density at radius 3 is 2.51 bits per heavy atom. The van der Waals surface area contributed by atoms with E-state index in [4.69, 9.17) is 32.6 Å². The molecule has 0 unspecified atom stereocenters. The number of carbonyl (C=O) groups excluding carboxylic acids is 1. The summed E-state index contributed by atoms with van der Waals surface area (Å²) in [7, 11) is 0. The standard InChI is InChI=1S/C27H30Cl2N4O2/c1-19-25(30-26(35-19)20-5-2-7-22(28)15-20)18-31-10-4-6-21(17-31)27(34)33-13-11-32(12-14-33)24-9-3-8-23(29)16-24/h2-3,5,7-9,15-16,21H,4,6,10-14,17-18H2,1H3/t21-/m1/s1. The fourth-order valence-electron chi connectivity index (χ4n) is 5.05. The molecule has 0 spiro atoms. The number of hydrogen-bond donors (Lipinski definition) is 0. The molecule has 0 radical (unpaired) electrons. The number of piperidine rings is 1. The molecule has 2 fully saturated rings. The van der Waals surface area contributed by atoms with Crippen molar-refractivity contribution in [2.24, 2.45) is 5.92 Å². The number of amides is 1. The maximum Gasteiger partial charge on any atom is 0.227 e. The quantitative estimate of drug-likeness (QED) is 0.450. The molecule has 2 aromatic carbocycles. The van der Waals surface area contributed by atoms with Gasteiger partial charge in [-0.3, -0.25) is 9.69 Å². The van der Waals surface area contributed by atoms with E-state index in [1.165, 1.54) is 0 Å². The van der Waals surface area contributed by atoms with E-state index in [0.29, 0.717) is 17.5 Å². The van der Waals surface area contributed by atoms with Gasteiger partial charge in [-0.1, -0.05) is 35.3 Å². The number of oxazole rings is 1. The molecule has 3 heterocycles. The van der Waals surface area contributed by atoms with Crippen LogP contribution in [0.25, 0.3) is 11.5 Å². The summed E-state index contributed by atoms with van der Waals surface area (Å²) >= 11 is 12.3. The van der Waals surface area contributed by atoms with Gasteiger partial charge >= 0.3 is 0 Å². The van der Waals surface area contributed by atoms with Crippen molar-refractivity contribution in [1.82, 2.24) is 14.8 Å². The first-order valence-corrected chi connectivity index (χ1v) is 13.0. The predicted molar refractivity (Wildman–Crippen MR) is 140 cm³/mol. The molecule has 2 saturated heterocycles. The third-order valence-corrected chi connectivity index (χ3v) is 7.43. The largest absolute Gasteiger partial charge is 0.441 e. The van der Waals surface area contributed by atoms with E-state index in [9.17, 15) is 4.79 Å². The van der Waals surface area contributed by atoms with Crippen molar-refractivity contribution < 1.29 is 9.21 Å². The number of anilines is 1. The van der Waals surface area contributed by atoms with Gasteiger partial charge in [-0.25, -0.2) is 4.98 Å². The second-order valence-corrected chi connectivity index (χ2v) is 10.3. The van der Waals surface area contributed by atoms with E-state index in [2.05, 4.69) is 15.9 Å². The van der Waals surface area contributed by atoms with Crippen LogP contribution in [0, 0.1) is 12.8 Å². The summed E-state index contributed by atoms with van der Waals surface area (Å²) in [5.41, 5.74) is 2.91. The summed E-state index contributed by atoms with van der Waals surface area (Å²) in [5, 5.41) is 1.40. The molecule has 1 aromatic heterocycles. The Labute approximate surface area is 216 Å². The molecule has 2 aliphatic rings. The highest BCUT2D eigenvalue weighted by molar-refractivity contribution is 6.31. The van der Waals surface area contributed by atoms with Crippen molar-refractivity contribution in [3.63, 3.8) is 0 Å². The highest BCUT2D eigenvalue weighted by atomic mass is 35.5. The van der Waals surface area contributed by atoms with Gasteiger partial charge in [0.15, 0.2) is 0 Å². The van der Waals surface area contributed by atoms with Gasteiger partial charge in [0.25, 0.3) is 0 Å². The Kier molecular flexibility index (Phi) is 7.32. The van der Waals surface area contributed by atoms with Crippen LogP contribution in [0.5, 0.6) is 0 Å². The van der Waals surface area contributed by atoms with Gasteiger partial charge in [-0.05, 0) is 62.7 Å². The lowest BCUT2D eigenvalue weighted by Gasteiger charge is -2.39.